The van der Waals surface area contributed by atoms with E-state index in [0.717, 1.165) is 22.4 Å². The zero-order valence-electron chi connectivity index (χ0n) is 18.3. The molecule has 0 atom stereocenters. The van der Waals surface area contributed by atoms with Crippen LogP contribution >= 0.6 is 0 Å². The highest BCUT2D eigenvalue weighted by Gasteiger charge is 2.32. The van der Waals surface area contributed by atoms with Gasteiger partial charge in [0.25, 0.3) is 5.91 Å². The van der Waals surface area contributed by atoms with Gasteiger partial charge in [-0.15, -0.1) is 0 Å². The molecule has 33 heavy (non-hydrogen) atoms. The summed E-state index contributed by atoms with van der Waals surface area (Å²) in [6.07, 6.45) is 0. The number of hydrogen-bond acceptors (Lipinski definition) is 3. The minimum atomic E-state index is -0.570. The lowest BCUT2D eigenvalue weighted by atomic mass is 10.1. The molecule has 0 aromatic heterocycles. The van der Waals surface area contributed by atoms with Gasteiger partial charge in [0.15, 0.2) is 0 Å². The molecular formula is C26H24FN3O3. The summed E-state index contributed by atoms with van der Waals surface area (Å²) in [6.45, 7) is 3.32. The van der Waals surface area contributed by atoms with Crippen molar-refractivity contribution >= 4 is 23.4 Å². The van der Waals surface area contributed by atoms with Crippen LogP contribution in [0.1, 0.15) is 27.0 Å². The molecule has 3 amide bonds. The minimum absolute atomic E-state index is 0.215. The van der Waals surface area contributed by atoms with Gasteiger partial charge in [-0.05, 0) is 60.0 Å². The molecule has 1 aliphatic heterocycles. The highest BCUT2D eigenvalue weighted by atomic mass is 19.1. The van der Waals surface area contributed by atoms with Gasteiger partial charge in [-0.2, -0.15) is 0 Å². The fourth-order valence-electron chi connectivity index (χ4n) is 3.73. The van der Waals surface area contributed by atoms with Gasteiger partial charge in [-0.25, -0.2) is 4.39 Å². The summed E-state index contributed by atoms with van der Waals surface area (Å²) in [7, 11) is 0. The van der Waals surface area contributed by atoms with Gasteiger partial charge >= 0.3 is 11.8 Å². The van der Waals surface area contributed by atoms with E-state index in [0.29, 0.717) is 18.7 Å². The maximum absolute atomic E-state index is 13.1. The number of hydrogen-bond donors (Lipinski definition) is 1. The second-order valence-electron chi connectivity index (χ2n) is 8.10. The summed E-state index contributed by atoms with van der Waals surface area (Å²) in [4.78, 5) is 40.6. The number of aryl methyl sites for hydroxylation is 1. The summed E-state index contributed by atoms with van der Waals surface area (Å²) in [5, 5.41) is 2.87. The van der Waals surface area contributed by atoms with Crippen LogP contribution in [0.3, 0.4) is 0 Å². The molecule has 0 saturated carbocycles. The Morgan fingerprint density at radius 1 is 0.848 bits per heavy atom. The van der Waals surface area contributed by atoms with Crippen molar-refractivity contribution in [1.29, 1.82) is 0 Å². The van der Waals surface area contributed by atoms with E-state index in [1.54, 1.807) is 36.4 Å². The van der Waals surface area contributed by atoms with Crippen LogP contribution in [0, 0.1) is 12.7 Å². The number of amides is 3. The van der Waals surface area contributed by atoms with Gasteiger partial charge < -0.3 is 15.1 Å². The van der Waals surface area contributed by atoms with Gasteiger partial charge in [0.1, 0.15) is 5.82 Å². The number of benzene rings is 3. The highest BCUT2D eigenvalue weighted by molar-refractivity contribution is 6.35. The van der Waals surface area contributed by atoms with Gasteiger partial charge in [0, 0.05) is 37.4 Å². The van der Waals surface area contributed by atoms with Crippen LogP contribution in [-0.2, 0) is 22.7 Å². The number of anilines is 1. The fourth-order valence-corrected chi connectivity index (χ4v) is 3.73. The number of piperazine rings is 1. The Morgan fingerprint density at radius 2 is 1.39 bits per heavy atom. The Morgan fingerprint density at radius 3 is 1.94 bits per heavy atom. The summed E-state index contributed by atoms with van der Waals surface area (Å²) in [6, 6.07) is 20.4. The van der Waals surface area contributed by atoms with E-state index >= 15 is 0 Å². The number of nitrogens with one attached hydrogen (secondary N) is 1. The van der Waals surface area contributed by atoms with Crippen molar-refractivity contribution in [3.8, 4) is 0 Å². The number of carbonyl (C=O) groups excluding carboxylic acids is 3. The molecule has 6 nitrogen and oxygen atoms in total. The van der Waals surface area contributed by atoms with Gasteiger partial charge in [0.2, 0.25) is 0 Å². The molecule has 1 heterocycles. The van der Waals surface area contributed by atoms with Gasteiger partial charge in [-0.3, -0.25) is 14.4 Å². The number of nitrogens with zero attached hydrogens (tertiary/aromatic N) is 2. The Hall–Kier alpha value is -4.00. The average Bonchev–Trinajstić information content (AvgIpc) is 2.80. The third-order valence-corrected chi connectivity index (χ3v) is 5.55. The van der Waals surface area contributed by atoms with Crippen molar-refractivity contribution < 1.29 is 18.8 Å². The summed E-state index contributed by atoms with van der Waals surface area (Å²) < 4.78 is 13.1. The van der Waals surface area contributed by atoms with Crippen LogP contribution in [-0.4, -0.2) is 40.6 Å². The monoisotopic (exact) mass is 445 g/mol. The molecule has 1 saturated heterocycles. The third kappa shape index (κ3) is 5.44. The zero-order chi connectivity index (χ0) is 23.4. The van der Waals surface area contributed by atoms with Crippen LogP contribution in [0.4, 0.5) is 10.1 Å². The molecule has 7 heteroatoms. The second kappa shape index (κ2) is 9.65. The summed E-state index contributed by atoms with van der Waals surface area (Å²) >= 11 is 0. The number of rotatable bonds is 6. The molecule has 1 fully saturated rings. The zero-order valence-corrected chi connectivity index (χ0v) is 18.3. The van der Waals surface area contributed by atoms with Crippen LogP contribution in [0.15, 0.2) is 72.8 Å². The summed E-state index contributed by atoms with van der Waals surface area (Å²) in [5.74, 6) is -1.69. The first kappa shape index (κ1) is 22.2. The normalized spacial score (nSPS) is 13.9. The highest BCUT2D eigenvalue weighted by Crippen LogP contribution is 2.16. The largest absolute Gasteiger partial charge is 0.328 e. The number of carbonyl (C=O) groups is 3. The first-order valence-corrected chi connectivity index (χ1v) is 10.7. The van der Waals surface area contributed by atoms with Gasteiger partial charge in [-0.1, -0.05) is 36.4 Å². The standard InChI is InChI=1S/C26H24FN3O3/c1-18-3-2-4-23(15-18)28-24(31)21-9-5-19(6-10-21)16-29-13-14-30(26(33)25(29)32)17-20-7-11-22(27)12-8-20/h2-12,15H,13-14,16-17H2,1H3,(H,28,31). The van der Waals surface area contributed by atoms with E-state index in [1.807, 2.05) is 31.2 Å². The second-order valence-corrected chi connectivity index (χ2v) is 8.10. The molecule has 3 aromatic rings. The molecule has 1 N–H and O–H groups in total. The van der Waals surface area contributed by atoms with Crippen LogP contribution < -0.4 is 5.32 Å². The Bertz CT molecular complexity index is 1180. The number of halogens is 1. The molecular weight excluding hydrogens is 421 g/mol. The quantitative estimate of drug-likeness (QED) is 0.588. The van der Waals surface area contributed by atoms with Crippen molar-refractivity contribution in [3.05, 3.63) is 101 Å². The lowest BCUT2D eigenvalue weighted by Crippen LogP contribution is -2.53. The van der Waals surface area contributed by atoms with Crippen LogP contribution in [0.5, 0.6) is 0 Å². The molecule has 0 aliphatic carbocycles. The molecule has 0 unspecified atom stereocenters. The maximum atomic E-state index is 13.1. The van der Waals surface area contributed by atoms with Gasteiger partial charge in [0.05, 0.1) is 0 Å². The first-order chi connectivity index (χ1) is 15.9. The average molecular weight is 445 g/mol. The van der Waals surface area contributed by atoms with E-state index in [2.05, 4.69) is 5.32 Å². The smallest absolute Gasteiger partial charge is 0.312 e. The topological polar surface area (TPSA) is 69.7 Å². The first-order valence-electron chi connectivity index (χ1n) is 10.7. The third-order valence-electron chi connectivity index (χ3n) is 5.55. The minimum Gasteiger partial charge on any atom is -0.328 e. The SMILES string of the molecule is Cc1cccc(NC(=O)c2ccc(CN3CCN(Cc4ccc(F)cc4)C(=O)C3=O)cc2)c1. The van der Waals surface area contributed by atoms with E-state index in [9.17, 15) is 18.8 Å². The van der Waals surface area contributed by atoms with E-state index in [4.69, 9.17) is 0 Å². The van der Waals surface area contributed by atoms with E-state index < -0.39 is 11.8 Å². The summed E-state index contributed by atoms with van der Waals surface area (Å²) in [5.41, 5.74) is 3.89. The van der Waals surface area contributed by atoms with Crippen LogP contribution in [0.25, 0.3) is 0 Å². The van der Waals surface area contributed by atoms with Crippen LogP contribution in [0.2, 0.25) is 0 Å². The molecule has 168 valence electrons. The lowest BCUT2D eigenvalue weighted by Gasteiger charge is -2.33. The lowest BCUT2D eigenvalue weighted by molar-refractivity contribution is -0.156. The Balaban J connectivity index is 1.34. The Kier molecular flexibility index (Phi) is 6.49. The molecule has 0 radical (unpaired) electrons. The maximum Gasteiger partial charge on any atom is 0.312 e. The molecule has 0 spiro atoms. The van der Waals surface area contributed by atoms with Crippen molar-refractivity contribution in [1.82, 2.24) is 9.80 Å². The molecule has 3 aromatic carbocycles. The fraction of sp³-hybridized carbons (Fsp3) is 0.192. The predicted octanol–water partition coefficient (Wildman–Crippen LogP) is 3.76. The predicted molar refractivity (Wildman–Crippen MR) is 123 cm³/mol. The molecule has 4 rings (SSSR count). The van der Waals surface area contributed by atoms with E-state index in [-0.39, 0.29) is 24.8 Å². The van der Waals surface area contributed by atoms with Crippen molar-refractivity contribution in [2.45, 2.75) is 20.0 Å². The van der Waals surface area contributed by atoms with Crippen molar-refractivity contribution in [2.75, 3.05) is 18.4 Å². The van der Waals surface area contributed by atoms with E-state index in [1.165, 1.54) is 21.9 Å². The molecule has 0 bridgehead atoms. The van der Waals surface area contributed by atoms with Crippen molar-refractivity contribution in [3.63, 3.8) is 0 Å². The molecule has 1 aliphatic rings. The van der Waals surface area contributed by atoms with Crippen molar-refractivity contribution in [2.24, 2.45) is 0 Å². The Labute approximate surface area is 191 Å².